The van der Waals surface area contributed by atoms with Crippen LogP contribution in [0.4, 0.5) is 0 Å². The number of halogens is 1. The lowest BCUT2D eigenvalue weighted by Crippen LogP contribution is -2.04. The van der Waals surface area contributed by atoms with Crippen LogP contribution in [-0.4, -0.2) is 18.7 Å². The largest absolute Gasteiger partial charge is 0.428 e. The van der Waals surface area contributed by atoms with Gasteiger partial charge in [-0.1, -0.05) is 47.6 Å². The number of thiophene rings is 1. The second-order valence-electron chi connectivity index (χ2n) is 5.38. The first kappa shape index (κ1) is 18.7. The van der Waals surface area contributed by atoms with Gasteiger partial charge in [0.2, 0.25) is 25.8 Å². The van der Waals surface area contributed by atoms with Crippen LogP contribution in [-0.2, 0) is 9.84 Å². The molecule has 132 valence electrons. The third-order valence-corrected chi connectivity index (χ3v) is 7.98. The molecule has 0 unspecified atom stereocenters. The zero-order valence-corrected chi connectivity index (χ0v) is 17.6. The maximum Gasteiger partial charge on any atom is 0.238 e. The zero-order valence-electron chi connectivity index (χ0n) is 13.6. The van der Waals surface area contributed by atoms with Crippen LogP contribution in [0.15, 0.2) is 65.7 Å². The summed E-state index contributed by atoms with van der Waals surface area (Å²) in [6.07, 6.45) is 0.900. The topological polar surface area (TPSA) is 60.2 Å². The lowest BCUT2D eigenvalue weighted by Gasteiger charge is -2.07. The summed E-state index contributed by atoms with van der Waals surface area (Å²) in [7, 11) is -3.75. The fourth-order valence-electron chi connectivity index (χ4n) is 2.03. The third kappa shape index (κ3) is 4.02. The van der Waals surface area contributed by atoms with E-state index in [2.05, 4.69) is 27.8 Å². The molecule has 0 spiro atoms. The molecule has 0 bridgehead atoms. The van der Waals surface area contributed by atoms with Gasteiger partial charge < -0.3 is 4.42 Å². The van der Waals surface area contributed by atoms with E-state index in [9.17, 15) is 8.42 Å². The summed E-state index contributed by atoms with van der Waals surface area (Å²) in [5.41, 5.74) is 0. The maximum atomic E-state index is 13.1. The van der Waals surface area contributed by atoms with Crippen LogP contribution in [0.3, 0.4) is 0 Å². The molecule has 3 aromatic rings. The molecule has 0 saturated heterocycles. The highest BCUT2D eigenvalue weighted by Gasteiger charge is 2.29. The highest BCUT2D eigenvalue weighted by atomic mass is 79.9. The van der Waals surface area contributed by atoms with Gasteiger partial charge in [0.1, 0.15) is 0 Å². The number of thioether (sulfide) groups is 1. The predicted molar refractivity (Wildman–Crippen MR) is 105 cm³/mol. The molecule has 0 aliphatic rings. The van der Waals surface area contributed by atoms with E-state index in [4.69, 9.17) is 4.42 Å². The Labute approximate surface area is 163 Å². The van der Waals surface area contributed by atoms with Gasteiger partial charge in [-0.25, -0.2) is 8.42 Å². The van der Waals surface area contributed by atoms with Crippen molar-refractivity contribution in [2.75, 3.05) is 0 Å². The molecule has 25 heavy (non-hydrogen) atoms. The summed E-state index contributed by atoms with van der Waals surface area (Å²) >= 11 is 6.19. The second-order valence-corrected chi connectivity index (χ2v) is 10.5. The molecule has 3 rings (SSSR count). The quantitative estimate of drug-likeness (QED) is 0.431. The molecular weight excluding hydrogens is 442 g/mol. The van der Waals surface area contributed by atoms with Crippen molar-refractivity contribution in [3.8, 4) is 10.8 Å². The number of benzene rings is 1. The highest BCUT2D eigenvalue weighted by molar-refractivity contribution is 9.10. The molecule has 0 saturated carbocycles. The molecule has 0 amide bonds. The molecule has 0 aliphatic heterocycles. The first-order valence-electron chi connectivity index (χ1n) is 7.64. The standard InChI is InChI=1S/C17H16BrNO3S3/c1-3-11(2)24-17-16(19-15(22-17)14-5-4-10-23-14)25(20,21)13-8-6-12(18)7-9-13/h4-11H,3H2,1-2H3/t11-/m0/s1. The van der Waals surface area contributed by atoms with E-state index in [0.29, 0.717) is 11.0 Å². The van der Waals surface area contributed by atoms with Crippen molar-refractivity contribution in [1.29, 1.82) is 0 Å². The summed E-state index contributed by atoms with van der Waals surface area (Å²) in [6, 6.07) is 10.3. The Morgan fingerprint density at radius 1 is 1.28 bits per heavy atom. The Kier molecular flexibility index (Phi) is 5.72. The normalized spacial score (nSPS) is 13.1. The number of rotatable bonds is 6. The van der Waals surface area contributed by atoms with Crippen molar-refractivity contribution >= 4 is 48.9 Å². The second kappa shape index (κ2) is 7.65. The van der Waals surface area contributed by atoms with E-state index in [1.807, 2.05) is 24.4 Å². The van der Waals surface area contributed by atoms with Crippen molar-refractivity contribution in [3.05, 3.63) is 46.3 Å². The minimum Gasteiger partial charge on any atom is -0.428 e. The van der Waals surface area contributed by atoms with Gasteiger partial charge in [-0.2, -0.15) is 4.98 Å². The monoisotopic (exact) mass is 457 g/mol. The molecule has 0 fully saturated rings. The lowest BCUT2D eigenvalue weighted by atomic mass is 10.4. The fraction of sp³-hybridized carbons (Fsp3) is 0.235. The Morgan fingerprint density at radius 3 is 2.60 bits per heavy atom. The van der Waals surface area contributed by atoms with Gasteiger partial charge in [0, 0.05) is 9.72 Å². The Morgan fingerprint density at radius 2 is 2.00 bits per heavy atom. The molecular formula is C17H16BrNO3S3. The molecule has 0 aliphatic carbocycles. The molecule has 0 N–H and O–H groups in total. The van der Waals surface area contributed by atoms with Crippen LogP contribution in [0.5, 0.6) is 0 Å². The van der Waals surface area contributed by atoms with Crippen LogP contribution in [0, 0.1) is 0 Å². The van der Waals surface area contributed by atoms with Gasteiger partial charge in [0.05, 0.1) is 9.77 Å². The molecule has 8 heteroatoms. The summed E-state index contributed by atoms with van der Waals surface area (Å²) in [6.45, 7) is 4.09. The first-order valence-corrected chi connectivity index (χ1v) is 11.7. The number of hydrogen-bond acceptors (Lipinski definition) is 6. The number of oxazole rings is 1. The molecule has 1 aromatic carbocycles. The van der Waals surface area contributed by atoms with Crippen LogP contribution >= 0.6 is 39.0 Å². The lowest BCUT2D eigenvalue weighted by molar-refractivity contribution is 0.470. The van der Waals surface area contributed by atoms with Gasteiger partial charge in [0.15, 0.2) is 0 Å². The van der Waals surface area contributed by atoms with Gasteiger partial charge in [0.25, 0.3) is 0 Å². The van der Waals surface area contributed by atoms with E-state index < -0.39 is 9.84 Å². The minimum atomic E-state index is -3.75. The van der Waals surface area contributed by atoms with Crippen LogP contribution < -0.4 is 0 Å². The van der Waals surface area contributed by atoms with Gasteiger partial charge in [-0.05, 0) is 42.1 Å². The minimum absolute atomic E-state index is 0.0106. The summed E-state index contributed by atoms with van der Waals surface area (Å²) in [4.78, 5) is 5.34. The van der Waals surface area contributed by atoms with Crippen molar-refractivity contribution in [1.82, 2.24) is 4.98 Å². The van der Waals surface area contributed by atoms with Crippen LogP contribution in [0.25, 0.3) is 10.8 Å². The van der Waals surface area contributed by atoms with E-state index in [1.54, 1.807) is 24.3 Å². The van der Waals surface area contributed by atoms with Crippen LogP contribution in [0.2, 0.25) is 0 Å². The molecule has 1 atom stereocenters. The SMILES string of the molecule is CC[C@H](C)Sc1oc(-c2cccs2)nc1S(=O)(=O)c1ccc(Br)cc1. The smallest absolute Gasteiger partial charge is 0.238 e. The van der Waals surface area contributed by atoms with E-state index in [0.717, 1.165) is 15.8 Å². The highest BCUT2D eigenvalue weighted by Crippen LogP contribution is 2.38. The Balaban J connectivity index is 2.10. The summed E-state index contributed by atoms with van der Waals surface area (Å²) in [5, 5.41) is 2.47. The third-order valence-electron chi connectivity index (χ3n) is 3.56. The average Bonchev–Trinajstić information content (AvgIpc) is 3.24. The molecule has 4 nitrogen and oxygen atoms in total. The number of aromatic nitrogens is 1. The van der Waals surface area contributed by atoms with Crippen LogP contribution in [0.1, 0.15) is 20.3 Å². The summed E-state index contributed by atoms with van der Waals surface area (Å²) in [5.74, 6) is 0.344. The molecule has 0 radical (unpaired) electrons. The predicted octanol–water partition coefficient (Wildman–Crippen LogP) is 5.89. The zero-order chi connectivity index (χ0) is 18.0. The van der Waals surface area contributed by atoms with Gasteiger partial charge >= 0.3 is 0 Å². The summed E-state index contributed by atoms with van der Waals surface area (Å²) < 4.78 is 32.8. The van der Waals surface area contributed by atoms with E-state index >= 15 is 0 Å². The average molecular weight is 458 g/mol. The van der Waals surface area contributed by atoms with E-state index in [-0.39, 0.29) is 15.2 Å². The number of hydrogen-bond donors (Lipinski definition) is 0. The Bertz CT molecular complexity index is 948. The molecule has 2 heterocycles. The van der Waals surface area contributed by atoms with Gasteiger partial charge in [-0.3, -0.25) is 0 Å². The van der Waals surface area contributed by atoms with Crippen molar-refractivity contribution in [2.24, 2.45) is 0 Å². The Hall–Kier alpha value is -1.09. The van der Waals surface area contributed by atoms with E-state index in [1.165, 1.54) is 23.1 Å². The fourth-order valence-corrected chi connectivity index (χ4v) is 5.41. The van der Waals surface area contributed by atoms with Crippen molar-refractivity contribution < 1.29 is 12.8 Å². The van der Waals surface area contributed by atoms with Gasteiger partial charge in [-0.15, -0.1) is 11.3 Å². The number of nitrogens with zero attached hydrogens (tertiary/aromatic N) is 1. The maximum absolute atomic E-state index is 13.1. The van der Waals surface area contributed by atoms with Crippen molar-refractivity contribution in [3.63, 3.8) is 0 Å². The number of sulfone groups is 1. The first-order chi connectivity index (χ1) is 11.9. The van der Waals surface area contributed by atoms with Crippen molar-refractivity contribution in [2.45, 2.75) is 40.5 Å². The molecule has 2 aromatic heterocycles.